The van der Waals surface area contributed by atoms with Gasteiger partial charge >= 0.3 is 0 Å². The molecule has 56 heavy (non-hydrogen) atoms. The fourth-order valence-electron chi connectivity index (χ4n) is 7.17. The molecule has 0 spiro atoms. The van der Waals surface area contributed by atoms with Crippen molar-refractivity contribution >= 4 is 5.91 Å². The number of allylic oxidation sites excluding steroid dienone is 5. The summed E-state index contributed by atoms with van der Waals surface area (Å²) in [6, 6.07) is -0.821. The molecular weight excluding hydrogens is 707 g/mol. The first-order valence-electron chi connectivity index (χ1n) is 23.2. The van der Waals surface area contributed by atoms with Crippen LogP contribution in [0.5, 0.6) is 0 Å². The average Bonchev–Trinajstić information content (AvgIpc) is 3.20. The molecule has 0 aliphatic carbocycles. The maximum Gasteiger partial charge on any atom is 0.220 e. The van der Waals surface area contributed by atoms with Crippen LogP contribution in [0.3, 0.4) is 0 Å². The van der Waals surface area contributed by atoms with Gasteiger partial charge < -0.3 is 40.3 Å². The summed E-state index contributed by atoms with van der Waals surface area (Å²) in [6.45, 7) is 3.50. The maximum absolute atomic E-state index is 12.4. The molecule has 1 heterocycles. The first kappa shape index (κ1) is 52.4. The number of carbonyl (C=O) groups excluding carboxylic acids is 1. The van der Waals surface area contributed by atoms with Gasteiger partial charge in [0.2, 0.25) is 5.91 Å². The molecule has 7 atom stereocenters. The number of ether oxygens (including phenoxy) is 2. The zero-order valence-electron chi connectivity index (χ0n) is 35.9. The van der Waals surface area contributed by atoms with Gasteiger partial charge in [0.25, 0.3) is 0 Å². The Bertz CT molecular complexity index is 972. The van der Waals surface area contributed by atoms with Crippen LogP contribution in [-0.2, 0) is 14.3 Å². The highest BCUT2D eigenvalue weighted by Gasteiger charge is 2.44. The van der Waals surface area contributed by atoms with Crippen molar-refractivity contribution < 1.29 is 39.8 Å². The Labute approximate surface area is 342 Å². The van der Waals surface area contributed by atoms with Gasteiger partial charge in [-0.1, -0.05) is 185 Å². The van der Waals surface area contributed by atoms with Crippen LogP contribution >= 0.6 is 0 Å². The summed E-state index contributed by atoms with van der Waals surface area (Å²) >= 11 is 0. The van der Waals surface area contributed by atoms with Crippen molar-refractivity contribution in [2.45, 2.75) is 243 Å². The van der Waals surface area contributed by atoms with Crippen LogP contribution < -0.4 is 5.32 Å². The van der Waals surface area contributed by atoms with Crippen LogP contribution in [0.25, 0.3) is 0 Å². The summed E-state index contributed by atoms with van der Waals surface area (Å²) in [4.78, 5) is 12.4. The Hall–Kier alpha value is -1.59. The van der Waals surface area contributed by atoms with Crippen LogP contribution in [-0.4, -0.2) is 87.5 Å². The van der Waals surface area contributed by atoms with Gasteiger partial charge in [-0.2, -0.15) is 0 Å². The smallest absolute Gasteiger partial charge is 0.220 e. The number of rotatable bonds is 38. The Balaban J connectivity index is 2.06. The van der Waals surface area contributed by atoms with E-state index in [4.69, 9.17) is 9.47 Å². The fraction of sp³-hybridized carbons (Fsp3) is 0.851. The van der Waals surface area contributed by atoms with Crippen molar-refractivity contribution in [1.82, 2.24) is 5.32 Å². The first-order valence-corrected chi connectivity index (χ1v) is 23.2. The van der Waals surface area contributed by atoms with Crippen molar-refractivity contribution in [3.63, 3.8) is 0 Å². The van der Waals surface area contributed by atoms with E-state index in [1.807, 2.05) is 13.0 Å². The lowest BCUT2D eigenvalue weighted by atomic mass is 9.99. The quantitative estimate of drug-likeness (QED) is 0.0268. The molecule has 0 aromatic rings. The van der Waals surface area contributed by atoms with Gasteiger partial charge in [-0.05, 0) is 44.9 Å². The Kier molecular flexibility index (Phi) is 35.3. The number of aliphatic hydroxyl groups is 5. The third-order valence-corrected chi connectivity index (χ3v) is 10.9. The van der Waals surface area contributed by atoms with Crippen LogP contribution in [0.15, 0.2) is 36.5 Å². The molecule has 1 amide bonds. The van der Waals surface area contributed by atoms with E-state index in [0.29, 0.717) is 12.8 Å². The van der Waals surface area contributed by atoms with Crippen molar-refractivity contribution in [3.05, 3.63) is 36.5 Å². The average molecular weight is 794 g/mol. The second-order valence-electron chi connectivity index (χ2n) is 16.2. The number of aliphatic hydroxyl groups excluding tert-OH is 5. The van der Waals surface area contributed by atoms with Gasteiger partial charge in [0.05, 0.1) is 25.4 Å². The summed E-state index contributed by atoms with van der Waals surface area (Å²) in [7, 11) is 0. The Morgan fingerprint density at radius 3 is 1.48 bits per heavy atom. The minimum Gasteiger partial charge on any atom is -0.394 e. The lowest BCUT2D eigenvalue weighted by molar-refractivity contribution is -0.302. The lowest BCUT2D eigenvalue weighted by Gasteiger charge is -2.40. The zero-order chi connectivity index (χ0) is 40.9. The van der Waals surface area contributed by atoms with E-state index in [1.165, 1.54) is 141 Å². The molecule has 1 fully saturated rings. The SMILES string of the molecule is CCCCCCCCCCCCCCCCCCCCCCC/C=C/CC/C=C/CC/C=C/C(O)C(COC1OC(CO)C(O)C(O)C1O)NC(=O)CCCC. The Morgan fingerprint density at radius 1 is 0.589 bits per heavy atom. The van der Waals surface area contributed by atoms with Crippen LogP contribution in [0.4, 0.5) is 0 Å². The summed E-state index contributed by atoms with van der Waals surface area (Å²) in [5.41, 5.74) is 0. The standard InChI is InChI=1S/C47H87NO8/c1-3-5-7-8-9-10-11-12-13-14-15-16-17-18-19-20-21-22-23-24-25-26-27-28-29-30-31-32-33-34-35-36-41(50)40(48-43(51)37-6-4-2)39-55-47-46(54)45(53)44(52)42(38-49)56-47/h27-28,31-32,35-36,40-42,44-47,49-50,52-54H,3-26,29-30,33-34,37-39H2,1-2H3,(H,48,51)/b28-27+,32-31+,36-35+. The molecule has 0 aromatic carbocycles. The molecule has 6 N–H and O–H groups in total. The third kappa shape index (κ3) is 27.9. The molecule has 0 bridgehead atoms. The molecule has 1 saturated heterocycles. The summed E-state index contributed by atoms with van der Waals surface area (Å²) in [5, 5.41) is 53.4. The zero-order valence-corrected chi connectivity index (χ0v) is 35.9. The molecule has 0 aromatic heterocycles. The number of carbonyl (C=O) groups is 1. The summed E-state index contributed by atoms with van der Waals surface area (Å²) in [5.74, 6) is -0.227. The van der Waals surface area contributed by atoms with E-state index in [9.17, 15) is 30.3 Å². The van der Waals surface area contributed by atoms with E-state index in [2.05, 4.69) is 36.5 Å². The molecular formula is C47H87NO8. The number of nitrogens with one attached hydrogen (secondary N) is 1. The van der Waals surface area contributed by atoms with Crippen molar-refractivity contribution in [3.8, 4) is 0 Å². The van der Waals surface area contributed by atoms with Gasteiger partial charge in [-0.15, -0.1) is 0 Å². The normalized spacial score (nSPS) is 21.4. The minimum atomic E-state index is -1.57. The molecule has 0 saturated carbocycles. The number of unbranched alkanes of at least 4 members (excludes halogenated alkanes) is 24. The van der Waals surface area contributed by atoms with Crippen molar-refractivity contribution in [2.75, 3.05) is 13.2 Å². The highest BCUT2D eigenvalue weighted by Crippen LogP contribution is 2.22. The minimum absolute atomic E-state index is 0.209. The molecule has 9 nitrogen and oxygen atoms in total. The second kappa shape index (κ2) is 37.7. The molecule has 1 aliphatic rings. The highest BCUT2D eigenvalue weighted by atomic mass is 16.7. The van der Waals surface area contributed by atoms with Gasteiger partial charge in [0.15, 0.2) is 6.29 Å². The molecule has 328 valence electrons. The van der Waals surface area contributed by atoms with Crippen molar-refractivity contribution in [2.24, 2.45) is 0 Å². The molecule has 7 unspecified atom stereocenters. The van der Waals surface area contributed by atoms with Gasteiger partial charge in [0, 0.05) is 6.42 Å². The molecule has 1 rings (SSSR count). The lowest BCUT2D eigenvalue weighted by Crippen LogP contribution is -2.60. The van der Waals surface area contributed by atoms with Crippen molar-refractivity contribution in [1.29, 1.82) is 0 Å². The van der Waals surface area contributed by atoms with Crippen LogP contribution in [0, 0.1) is 0 Å². The van der Waals surface area contributed by atoms with Gasteiger partial charge in [-0.25, -0.2) is 0 Å². The van der Waals surface area contributed by atoms with Gasteiger partial charge in [-0.3, -0.25) is 4.79 Å². The predicted molar refractivity (Wildman–Crippen MR) is 230 cm³/mol. The van der Waals surface area contributed by atoms with Crippen LogP contribution in [0.1, 0.15) is 200 Å². The van der Waals surface area contributed by atoms with E-state index < -0.39 is 49.5 Å². The summed E-state index contributed by atoms with van der Waals surface area (Å²) < 4.78 is 11.0. The Morgan fingerprint density at radius 2 is 1.02 bits per heavy atom. The largest absolute Gasteiger partial charge is 0.394 e. The summed E-state index contributed by atoms with van der Waals surface area (Å²) in [6.07, 6.45) is 40.7. The monoisotopic (exact) mass is 794 g/mol. The first-order chi connectivity index (χ1) is 27.3. The van der Waals surface area contributed by atoms with E-state index in [1.54, 1.807) is 6.08 Å². The number of amides is 1. The van der Waals surface area contributed by atoms with Crippen LogP contribution in [0.2, 0.25) is 0 Å². The maximum atomic E-state index is 12.4. The number of hydrogen-bond donors (Lipinski definition) is 6. The molecule has 9 heteroatoms. The second-order valence-corrected chi connectivity index (χ2v) is 16.2. The third-order valence-electron chi connectivity index (χ3n) is 10.9. The van der Waals surface area contributed by atoms with E-state index in [0.717, 1.165) is 32.1 Å². The predicted octanol–water partition coefficient (Wildman–Crippen LogP) is 9.67. The van der Waals surface area contributed by atoms with E-state index >= 15 is 0 Å². The highest BCUT2D eigenvalue weighted by molar-refractivity contribution is 5.76. The van der Waals surface area contributed by atoms with E-state index in [-0.39, 0.29) is 12.5 Å². The van der Waals surface area contributed by atoms with Gasteiger partial charge in [0.1, 0.15) is 24.4 Å². The topological polar surface area (TPSA) is 149 Å². The fourth-order valence-corrected chi connectivity index (χ4v) is 7.17. The molecule has 1 aliphatic heterocycles. The number of hydrogen-bond acceptors (Lipinski definition) is 8. The molecule has 0 radical (unpaired) electrons.